The smallest absolute Gasteiger partial charge is 0.352 e. The summed E-state index contributed by atoms with van der Waals surface area (Å²) in [5, 5.41) is 9.85. The van der Waals surface area contributed by atoms with Gasteiger partial charge in [0.1, 0.15) is 5.69 Å². The van der Waals surface area contributed by atoms with Crippen LogP contribution in [0.4, 0.5) is 13.2 Å². The normalized spacial score (nSPS) is 16.4. The van der Waals surface area contributed by atoms with Crippen molar-refractivity contribution in [3.8, 4) is 0 Å². The predicted molar refractivity (Wildman–Crippen MR) is 98.2 cm³/mol. The Hall–Kier alpha value is -2.91. The van der Waals surface area contributed by atoms with Gasteiger partial charge in [-0.2, -0.15) is 18.3 Å². The molecule has 0 saturated carbocycles. The number of aryl methyl sites for hydroxylation is 1. The van der Waals surface area contributed by atoms with Crippen LogP contribution >= 0.6 is 0 Å². The van der Waals surface area contributed by atoms with E-state index in [-0.39, 0.29) is 23.4 Å². The second kappa shape index (κ2) is 8.22. The number of nitrogens with one attached hydrogen (secondary N) is 2. The van der Waals surface area contributed by atoms with Crippen LogP contribution in [0.25, 0.3) is 0 Å². The van der Waals surface area contributed by atoms with Crippen molar-refractivity contribution < 1.29 is 22.8 Å². The minimum absolute atomic E-state index is 0.00840. The fraction of sp³-hybridized carbons (Fsp3) is 0.474. The van der Waals surface area contributed by atoms with Gasteiger partial charge >= 0.3 is 6.18 Å². The molecule has 2 aromatic heterocycles. The Morgan fingerprint density at radius 2 is 2.00 bits per heavy atom. The molecule has 2 N–H and O–H groups in total. The Bertz CT molecular complexity index is 890. The highest BCUT2D eigenvalue weighted by Crippen LogP contribution is 2.27. The molecule has 2 amide bonds. The molecule has 0 aliphatic carbocycles. The van der Waals surface area contributed by atoms with Gasteiger partial charge < -0.3 is 10.6 Å². The van der Waals surface area contributed by atoms with Crippen molar-refractivity contribution in [3.05, 3.63) is 47.0 Å². The molecule has 1 unspecified atom stereocenters. The van der Waals surface area contributed by atoms with E-state index in [1.807, 2.05) is 13.8 Å². The molecule has 0 saturated heterocycles. The van der Waals surface area contributed by atoms with Gasteiger partial charge in [-0.15, -0.1) is 0 Å². The van der Waals surface area contributed by atoms with E-state index in [4.69, 9.17) is 0 Å². The number of hydrogen-bond donors (Lipinski definition) is 2. The minimum atomic E-state index is -4.54. The number of aromatic nitrogens is 3. The SMILES string of the molecule is CC(C)NC(=O)c1cnn2c1CC(CNC(=O)c1ccc(C(F)(F)F)nc1)CC2. The first-order chi connectivity index (χ1) is 13.6. The zero-order chi connectivity index (χ0) is 21.2. The summed E-state index contributed by atoms with van der Waals surface area (Å²) in [7, 11) is 0. The van der Waals surface area contributed by atoms with Crippen molar-refractivity contribution in [3.63, 3.8) is 0 Å². The Balaban J connectivity index is 1.60. The molecule has 0 spiro atoms. The fourth-order valence-electron chi connectivity index (χ4n) is 3.24. The van der Waals surface area contributed by atoms with Gasteiger partial charge in [0.25, 0.3) is 11.8 Å². The second-order valence-electron chi connectivity index (χ2n) is 7.35. The molecule has 3 heterocycles. The molecule has 156 valence electrons. The number of carbonyl (C=O) groups is 2. The maximum atomic E-state index is 12.6. The number of fused-ring (bicyclic) bond motifs is 1. The van der Waals surface area contributed by atoms with Crippen LogP contribution < -0.4 is 10.6 Å². The molecule has 2 aromatic rings. The third-order valence-corrected chi connectivity index (χ3v) is 4.71. The molecule has 1 aliphatic heterocycles. The number of nitrogens with zero attached hydrogens (tertiary/aromatic N) is 3. The highest BCUT2D eigenvalue weighted by molar-refractivity contribution is 5.95. The maximum absolute atomic E-state index is 12.6. The Morgan fingerprint density at radius 1 is 1.24 bits per heavy atom. The molecule has 0 aromatic carbocycles. The molecular weight excluding hydrogens is 387 g/mol. The number of alkyl halides is 3. The van der Waals surface area contributed by atoms with Gasteiger partial charge in [-0.25, -0.2) is 0 Å². The Morgan fingerprint density at radius 3 is 2.62 bits per heavy atom. The maximum Gasteiger partial charge on any atom is 0.433 e. The summed E-state index contributed by atoms with van der Waals surface area (Å²) >= 11 is 0. The van der Waals surface area contributed by atoms with Crippen molar-refractivity contribution in [1.29, 1.82) is 0 Å². The number of halogens is 3. The number of hydrogen-bond acceptors (Lipinski definition) is 4. The van der Waals surface area contributed by atoms with Crippen molar-refractivity contribution >= 4 is 11.8 Å². The average Bonchev–Trinajstić information content (AvgIpc) is 3.08. The van der Waals surface area contributed by atoms with Gasteiger partial charge in [-0.05, 0) is 44.7 Å². The van der Waals surface area contributed by atoms with Gasteiger partial charge in [0.15, 0.2) is 0 Å². The molecule has 10 heteroatoms. The van der Waals surface area contributed by atoms with Crippen LogP contribution in [0.15, 0.2) is 24.5 Å². The van der Waals surface area contributed by atoms with Crippen molar-refractivity contribution in [2.45, 2.75) is 45.5 Å². The van der Waals surface area contributed by atoms with E-state index in [1.54, 1.807) is 10.9 Å². The Labute approximate surface area is 165 Å². The van der Waals surface area contributed by atoms with Crippen LogP contribution in [0.5, 0.6) is 0 Å². The van der Waals surface area contributed by atoms with Gasteiger partial charge in [0.2, 0.25) is 0 Å². The van der Waals surface area contributed by atoms with E-state index in [1.165, 1.54) is 0 Å². The van der Waals surface area contributed by atoms with E-state index in [0.29, 0.717) is 25.1 Å². The van der Waals surface area contributed by atoms with Crippen LogP contribution in [0, 0.1) is 5.92 Å². The first-order valence-electron chi connectivity index (χ1n) is 9.32. The third-order valence-electron chi connectivity index (χ3n) is 4.71. The summed E-state index contributed by atoms with van der Waals surface area (Å²) in [6.45, 7) is 4.73. The fourth-order valence-corrected chi connectivity index (χ4v) is 3.24. The lowest BCUT2D eigenvalue weighted by Crippen LogP contribution is -2.35. The number of carbonyl (C=O) groups excluding carboxylic acids is 2. The lowest BCUT2D eigenvalue weighted by molar-refractivity contribution is -0.141. The molecule has 0 fully saturated rings. The molecule has 1 atom stereocenters. The molecule has 0 radical (unpaired) electrons. The molecule has 0 bridgehead atoms. The first-order valence-corrected chi connectivity index (χ1v) is 9.32. The number of pyridine rings is 1. The average molecular weight is 409 g/mol. The minimum Gasteiger partial charge on any atom is -0.352 e. The van der Waals surface area contributed by atoms with E-state index >= 15 is 0 Å². The van der Waals surface area contributed by atoms with E-state index in [2.05, 4.69) is 20.7 Å². The van der Waals surface area contributed by atoms with Crippen molar-refractivity contribution in [2.24, 2.45) is 5.92 Å². The topological polar surface area (TPSA) is 88.9 Å². The van der Waals surface area contributed by atoms with E-state index in [9.17, 15) is 22.8 Å². The van der Waals surface area contributed by atoms with Crippen LogP contribution in [-0.2, 0) is 19.1 Å². The molecule has 1 aliphatic rings. The van der Waals surface area contributed by atoms with Gasteiger partial charge in [0.05, 0.1) is 23.0 Å². The summed E-state index contributed by atoms with van der Waals surface area (Å²) in [6, 6.07) is 1.90. The Kier molecular flexibility index (Phi) is 5.90. The summed E-state index contributed by atoms with van der Waals surface area (Å²) in [4.78, 5) is 27.9. The zero-order valence-corrected chi connectivity index (χ0v) is 16.1. The molecule has 7 nitrogen and oxygen atoms in total. The predicted octanol–water partition coefficient (Wildman–Crippen LogP) is 2.43. The lowest BCUT2D eigenvalue weighted by atomic mass is 9.94. The van der Waals surface area contributed by atoms with Crippen LogP contribution in [0.2, 0.25) is 0 Å². The summed E-state index contributed by atoms with van der Waals surface area (Å²) in [6.07, 6.45) is -0.720. The zero-order valence-electron chi connectivity index (χ0n) is 16.1. The lowest BCUT2D eigenvalue weighted by Gasteiger charge is -2.24. The summed E-state index contributed by atoms with van der Waals surface area (Å²) < 4.78 is 39.5. The van der Waals surface area contributed by atoms with Gasteiger partial charge in [-0.1, -0.05) is 0 Å². The number of amides is 2. The van der Waals surface area contributed by atoms with E-state index in [0.717, 1.165) is 30.4 Å². The largest absolute Gasteiger partial charge is 0.433 e. The summed E-state index contributed by atoms with van der Waals surface area (Å²) in [5.74, 6) is -0.569. The van der Waals surface area contributed by atoms with Crippen LogP contribution in [0.3, 0.4) is 0 Å². The molecular formula is C19H22F3N5O2. The van der Waals surface area contributed by atoms with Crippen molar-refractivity contribution in [2.75, 3.05) is 6.54 Å². The highest BCUT2D eigenvalue weighted by Gasteiger charge is 2.32. The molecule has 29 heavy (non-hydrogen) atoms. The monoisotopic (exact) mass is 409 g/mol. The van der Waals surface area contributed by atoms with Crippen LogP contribution in [-0.4, -0.2) is 39.2 Å². The highest BCUT2D eigenvalue weighted by atomic mass is 19.4. The summed E-state index contributed by atoms with van der Waals surface area (Å²) in [5.41, 5.74) is 0.379. The van der Waals surface area contributed by atoms with Gasteiger partial charge in [-0.3, -0.25) is 19.3 Å². The third kappa shape index (κ3) is 4.93. The quantitative estimate of drug-likeness (QED) is 0.794. The number of rotatable bonds is 5. The first kappa shape index (κ1) is 20.8. The standard InChI is InChI=1S/C19H22F3N5O2/c1-11(2)26-18(29)14-10-25-27-6-5-12(7-15(14)27)8-24-17(28)13-3-4-16(23-9-13)19(20,21)22/h3-4,9-12H,5-8H2,1-2H3,(H,24,28)(H,26,29). The van der Waals surface area contributed by atoms with E-state index < -0.39 is 17.8 Å². The molecule has 3 rings (SSSR count). The van der Waals surface area contributed by atoms with Crippen LogP contribution in [0.1, 0.15) is 52.4 Å². The second-order valence-corrected chi connectivity index (χ2v) is 7.35. The van der Waals surface area contributed by atoms with Gasteiger partial charge in [0, 0.05) is 25.3 Å². The van der Waals surface area contributed by atoms with Crippen molar-refractivity contribution in [1.82, 2.24) is 25.4 Å².